The number of aryl methyl sites for hydroxylation is 2. The van der Waals surface area contributed by atoms with Crippen molar-refractivity contribution in [3.05, 3.63) is 29.6 Å². The Hall–Kier alpha value is -1.88. The lowest BCUT2D eigenvalue weighted by Gasteiger charge is -2.00. The lowest BCUT2D eigenvalue weighted by molar-refractivity contribution is 0.0706. The average molecular weight is 205 g/mol. The molecule has 0 fully saturated rings. The molecule has 2 aromatic rings. The molecular weight excluding hydrogens is 194 g/mol. The maximum atomic E-state index is 11.2. The summed E-state index contributed by atoms with van der Waals surface area (Å²) in [6.45, 7) is 1.89. The number of benzene rings is 1. The number of imidazole rings is 1. The molecule has 0 saturated heterocycles. The van der Waals surface area contributed by atoms with Crippen molar-refractivity contribution in [3.8, 4) is 0 Å². The van der Waals surface area contributed by atoms with E-state index in [1.54, 1.807) is 23.7 Å². The van der Waals surface area contributed by atoms with Crippen molar-refractivity contribution in [2.24, 2.45) is 7.05 Å². The van der Waals surface area contributed by atoms with Crippen LogP contribution >= 0.6 is 0 Å². The molecule has 0 bridgehead atoms. The summed E-state index contributed by atoms with van der Waals surface area (Å²) in [7, 11) is 1.88. The summed E-state index contributed by atoms with van der Waals surface area (Å²) in [5.41, 5.74) is 3.72. The van der Waals surface area contributed by atoms with Gasteiger partial charge in [-0.1, -0.05) is 0 Å². The molecule has 1 aromatic carbocycles. The van der Waals surface area contributed by atoms with Gasteiger partial charge in [0.15, 0.2) is 0 Å². The minimum Gasteiger partial charge on any atom is -0.331 e. The van der Waals surface area contributed by atoms with E-state index in [1.165, 1.54) is 0 Å². The van der Waals surface area contributed by atoms with E-state index in [9.17, 15) is 4.79 Å². The van der Waals surface area contributed by atoms with E-state index in [0.717, 1.165) is 16.9 Å². The number of hydroxylamine groups is 1. The second-order valence-electron chi connectivity index (χ2n) is 3.36. The summed E-state index contributed by atoms with van der Waals surface area (Å²) in [6, 6.07) is 5.08. The second kappa shape index (κ2) is 3.36. The van der Waals surface area contributed by atoms with Gasteiger partial charge < -0.3 is 4.57 Å². The number of rotatable bonds is 1. The molecule has 0 aliphatic rings. The summed E-state index contributed by atoms with van der Waals surface area (Å²) < 4.78 is 1.89. The number of hydrogen-bond acceptors (Lipinski definition) is 3. The maximum Gasteiger partial charge on any atom is 0.274 e. The molecule has 5 heteroatoms. The van der Waals surface area contributed by atoms with Crippen LogP contribution in [0.15, 0.2) is 18.2 Å². The third-order valence-electron chi connectivity index (χ3n) is 2.47. The van der Waals surface area contributed by atoms with Crippen molar-refractivity contribution in [2.75, 3.05) is 0 Å². The van der Waals surface area contributed by atoms with E-state index in [-0.39, 0.29) is 0 Å². The molecule has 5 nitrogen and oxygen atoms in total. The van der Waals surface area contributed by atoms with Gasteiger partial charge in [-0.3, -0.25) is 10.0 Å². The Morgan fingerprint density at radius 3 is 2.93 bits per heavy atom. The highest BCUT2D eigenvalue weighted by Crippen LogP contribution is 2.16. The first-order chi connectivity index (χ1) is 7.13. The van der Waals surface area contributed by atoms with Crippen LogP contribution in [-0.4, -0.2) is 20.7 Å². The van der Waals surface area contributed by atoms with Gasteiger partial charge in [-0.15, -0.1) is 0 Å². The van der Waals surface area contributed by atoms with Crippen LogP contribution in [0.25, 0.3) is 11.0 Å². The van der Waals surface area contributed by atoms with Crippen LogP contribution in [0.2, 0.25) is 0 Å². The largest absolute Gasteiger partial charge is 0.331 e. The van der Waals surface area contributed by atoms with Crippen LogP contribution in [0.3, 0.4) is 0 Å². The Bertz CT molecular complexity index is 531. The zero-order chi connectivity index (χ0) is 11.0. The second-order valence-corrected chi connectivity index (χ2v) is 3.36. The van der Waals surface area contributed by atoms with Crippen molar-refractivity contribution in [2.45, 2.75) is 6.92 Å². The van der Waals surface area contributed by atoms with Crippen molar-refractivity contribution in [3.63, 3.8) is 0 Å². The Kier molecular flexibility index (Phi) is 2.17. The van der Waals surface area contributed by atoms with Gasteiger partial charge >= 0.3 is 0 Å². The summed E-state index contributed by atoms with van der Waals surface area (Å²) in [5, 5.41) is 8.51. The number of carbonyl (C=O) groups is 1. The van der Waals surface area contributed by atoms with Gasteiger partial charge in [0.1, 0.15) is 5.82 Å². The van der Waals surface area contributed by atoms with E-state index in [1.807, 2.05) is 18.5 Å². The lowest BCUT2D eigenvalue weighted by Crippen LogP contribution is -2.18. The molecule has 0 radical (unpaired) electrons. The van der Waals surface area contributed by atoms with Crippen LogP contribution in [0, 0.1) is 6.92 Å². The van der Waals surface area contributed by atoms with Gasteiger partial charge in [-0.2, -0.15) is 0 Å². The molecule has 0 atom stereocenters. The third kappa shape index (κ3) is 1.46. The molecule has 2 N–H and O–H groups in total. The molecule has 0 spiro atoms. The van der Waals surface area contributed by atoms with Gasteiger partial charge in [0.05, 0.1) is 11.0 Å². The molecule has 0 aliphatic heterocycles. The number of carbonyl (C=O) groups excluding carboxylic acids is 1. The molecule has 0 aliphatic carbocycles. The first-order valence-electron chi connectivity index (χ1n) is 4.51. The SMILES string of the molecule is Cc1nc2ccc(C(=O)NO)cc2n1C. The summed E-state index contributed by atoms with van der Waals surface area (Å²) >= 11 is 0. The highest BCUT2D eigenvalue weighted by Gasteiger charge is 2.08. The molecule has 1 aromatic heterocycles. The molecule has 78 valence electrons. The number of nitrogens with one attached hydrogen (secondary N) is 1. The standard InChI is InChI=1S/C10H11N3O2/c1-6-11-8-4-3-7(10(14)12-15)5-9(8)13(6)2/h3-5,15H,1-2H3,(H,12,14). The van der Waals surface area contributed by atoms with Crippen molar-refractivity contribution in [1.29, 1.82) is 0 Å². The quantitative estimate of drug-likeness (QED) is 0.539. The molecule has 15 heavy (non-hydrogen) atoms. The molecule has 2 rings (SSSR count). The fourth-order valence-corrected chi connectivity index (χ4v) is 1.52. The summed E-state index contributed by atoms with van der Waals surface area (Å²) in [5.74, 6) is 0.363. The van der Waals surface area contributed by atoms with Crippen molar-refractivity contribution >= 4 is 16.9 Å². The number of fused-ring (bicyclic) bond motifs is 1. The van der Waals surface area contributed by atoms with Crippen LogP contribution in [0.4, 0.5) is 0 Å². The van der Waals surface area contributed by atoms with E-state index >= 15 is 0 Å². The molecular formula is C10H11N3O2. The molecule has 0 unspecified atom stereocenters. The zero-order valence-corrected chi connectivity index (χ0v) is 8.48. The van der Waals surface area contributed by atoms with E-state index < -0.39 is 5.91 Å². The average Bonchev–Trinajstić information content (AvgIpc) is 2.54. The molecule has 1 heterocycles. The molecule has 0 saturated carbocycles. The van der Waals surface area contributed by atoms with Crippen molar-refractivity contribution < 1.29 is 10.0 Å². The zero-order valence-electron chi connectivity index (χ0n) is 8.48. The monoisotopic (exact) mass is 205 g/mol. The first-order valence-corrected chi connectivity index (χ1v) is 4.51. The van der Waals surface area contributed by atoms with Gasteiger partial charge in [0.25, 0.3) is 5.91 Å². The van der Waals surface area contributed by atoms with Gasteiger partial charge in [0, 0.05) is 12.6 Å². The Morgan fingerprint density at radius 1 is 1.53 bits per heavy atom. The number of nitrogens with zero attached hydrogens (tertiary/aromatic N) is 2. The Labute approximate surface area is 86.3 Å². The van der Waals surface area contributed by atoms with E-state index in [4.69, 9.17) is 5.21 Å². The van der Waals surface area contributed by atoms with Crippen LogP contribution in [-0.2, 0) is 7.05 Å². The maximum absolute atomic E-state index is 11.2. The van der Waals surface area contributed by atoms with Crippen LogP contribution in [0.5, 0.6) is 0 Å². The predicted octanol–water partition coefficient (Wildman–Crippen LogP) is 1.00. The van der Waals surface area contributed by atoms with Crippen LogP contribution < -0.4 is 5.48 Å². The predicted molar refractivity (Wildman–Crippen MR) is 54.7 cm³/mol. The van der Waals surface area contributed by atoms with Crippen molar-refractivity contribution in [1.82, 2.24) is 15.0 Å². The Morgan fingerprint density at radius 2 is 2.27 bits per heavy atom. The number of hydrogen-bond donors (Lipinski definition) is 2. The highest BCUT2D eigenvalue weighted by atomic mass is 16.5. The smallest absolute Gasteiger partial charge is 0.274 e. The summed E-state index contributed by atoms with van der Waals surface area (Å²) in [6.07, 6.45) is 0. The fourth-order valence-electron chi connectivity index (χ4n) is 1.52. The lowest BCUT2D eigenvalue weighted by atomic mass is 10.2. The molecule has 1 amide bonds. The van der Waals surface area contributed by atoms with Gasteiger partial charge in [-0.05, 0) is 25.1 Å². The minimum absolute atomic E-state index is 0.410. The third-order valence-corrected chi connectivity index (χ3v) is 2.47. The Balaban J connectivity index is 2.64. The number of amides is 1. The van der Waals surface area contributed by atoms with Gasteiger partial charge in [0.2, 0.25) is 0 Å². The van der Waals surface area contributed by atoms with E-state index in [2.05, 4.69) is 4.98 Å². The van der Waals surface area contributed by atoms with Crippen LogP contribution in [0.1, 0.15) is 16.2 Å². The van der Waals surface area contributed by atoms with Gasteiger partial charge in [-0.25, -0.2) is 10.5 Å². The highest BCUT2D eigenvalue weighted by molar-refractivity contribution is 5.96. The fraction of sp³-hybridized carbons (Fsp3) is 0.200. The minimum atomic E-state index is -0.518. The summed E-state index contributed by atoms with van der Waals surface area (Å²) in [4.78, 5) is 15.5. The number of aromatic nitrogens is 2. The first kappa shape index (κ1) is 9.67. The normalized spacial score (nSPS) is 10.6. The topological polar surface area (TPSA) is 67.2 Å². The van der Waals surface area contributed by atoms with E-state index in [0.29, 0.717) is 5.56 Å².